The summed E-state index contributed by atoms with van der Waals surface area (Å²) >= 11 is 0. The highest BCUT2D eigenvalue weighted by molar-refractivity contribution is 5.75. The smallest absolute Gasteiger partial charge is 0.322 e. The lowest BCUT2D eigenvalue weighted by Crippen LogP contribution is -2.32. The lowest BCUT2D eigenvalue weighted by molar-refractivity contribution is -0.144. The van der Waals surface area contributed by atoms with Crippen LogP contribution in [0.25, 0.3) is 0 Å². The van der Waals surface area contributed by atoms with Gasteiger partial charge in [-0.3, -0.25) is 4.79 Å². The number of carbonyl (C=O) groups is 1. The summed E-state index contributed by atoms with van der Waals surface area (Å²) in [7, 11) is 0. The maximum absolute atomic E-state index is 11.2. The summed E-state index contributed by atoms with van der Waals surface area (Å²) in [5, 5.41) is 0. The van der Waals surface area contributed by atoms with Gasteiger partial charge in [-0.15, -0.1) is 0 Å². The fourth-order valence-electron chi connectivity index (χ4n) is 1.80. The summed E-state index contributed by atoms with van der Waals surface area (Å²) in [6.45, 7) is 3.07. The Labute approximate surface area is 91.1 Å². The van der Waals surface area contributed by atoms with Crippen molar-refractivity contribution < 1.29 is 14.3 Å². The second-order valence-corrected chi connectivity index (χ2v) is 3.92. The Morgan fingerprint density at radius 1 is 1.67 bits per heavy atom. The van der Waals surface area contributed by atoms with E-state index in [1.165, 1.54) is 0 Å². The van der Waals surface area contributed by atoms with Gasteiger partial charge in [-0.2, -0.15) is 0 Å². The molecule has 0 aromatic carbocycles. The summed E-state index contributed by atoms with van der Waals surface area (Å²) in [5.41, 5.74) is 5.67. The fraction of sp³-hybridized carbons (Fsp3) is 0.909. The van der Waals surface area contributed by atoms with Crippen LogP contribution in [0.3, 0.4) is 0 Å². The molecule has 2 unspecified atom stereocenters. The number of rotatable bonds is 6. The second-order valence-electron chi connectivity index (χ2n) is 3.92. The Morgan fingerprint density at radius 2 is 2.47 bits per heavy atom. The Bertz CT molecular complexity index is 190. The summed E-state index contributed by atoms with van der Waals surface area (Å²) in [4.78, 5) is 11.2. The second kappa shape index (κ2) is 6.80. The molecule has 0 aromatic heterocycles. The topological polar surface area (TPSA) is 61.5 Å². The standard InChI is InChI=1S/C11H21NO3/c1-2-14-11(13)10(12)7-3-5-9-6-4-8-15-9/h9-10H,2-8,12H2,1H3. The first kappa shape index (κ1) is 12.5. The maximum Gasteiger partial charge on any atom is 0.322 e. The van der Waals surface area contributed by atoms with Crippen LogP contribution >= 0.6 is 0 Å². The molecule has 2 atom stereocenters. The first-order chi connectivity index (χ1) is 7.24. The highest BCUT2D eigenvalue weighted by Crippen LogP contribution is 2.18. The minimum atomic E-state index is -0.466. The van der Waals surface area contributed by atoms with Gasteiger partial charge in [0.15, 0.2) is 0 Å². The lowest BCUT2D eigenvalue weighted by Gasteiger charge is -2.12. The molecule has 88 valence electrons. The van der Waals surface area contributed by atoms with E-state index < -0.39 is 6.04 Å². The van der Waals surface area contributed by atoms with E-state index in [4.69, 9.17) is 15.2 Å². The predicted octanol–water partition coefficient (Wildman–Crippen LogP) is 1.23. The molecule has 1 aliphatic rings. The van der Waals surface area contributed by atoms with Crippen molar-refractivity contribution in [1.82, 2.24) is 0 Å². The van der Waals surface area contributed by atoms with Gasteiger partial charge in [-0.1, -0.05) is 0 Å². The molecule has 1 heterocycles. The van der Waals surface area contributed by atoms with Crippen LogP contribution in [-0.4, -0.2) is 31.3 Å². The fourth-order valence-corrected chi connectivity index (χ4v) is 1.80. The molecule has 2 N–H and O–H groups in total. The third kappa shape index (κ3) is 4.62. The van der Waals surface area contributed by atoms with Crippen LogP contribution in [0.1, 0.15) is 39.0 Å². The summed E-state index contributed by atoms with van der Waals surface area (Å²) in [6.07, 6.45) is 5.33. The highest BCUT2D eigenvalue weighted by Gasteiger charge is 2.18. The van der Waals surface area contributed by atoms with E-state index in [2.05, 4.69) is 0 Å². The van der Waals surface area contributed by atoms with E-state index in [-0.39, 0.29) is 5.97 Å². The molecule has 0 spiro atoms. The number of hydrogen-bond acceptors (Lipinski definition) is 4. The molecule has 4 nitrogen and oxygen atoms in total. The van der Waals surface area contributed by atoms with Gasteiger partial charge >= 0.3 is 5.97 Å². The van der Waals surface area contributed by atoms with Gasteiger partial charge in [0.25, 0.3) is 0 Å². The highest BCUT2D eigenvalue weighted by atomic mass is 16.5. The van der Waals surface area contributed by atoms with Crippen molar-refractivity contribution in [3.05, 3.63) is 0 Å². The van der Waals surface area contributed by atoms with Crippen molar-refractivity contribution in [3.63, 3.8) is 0 Å². The average molecular weight is 215 g/mol. The van der Waals surface area contributed by atoms with Crippen LogP contribution < -0.4 is 5.73 Å². The molecular formula is C11H21NO3. The summed E-state index contributed by atoms with van der Waals surface area (Å²) in [5.74, 6) is -0.287. The Balaban J connectivity index is 2.05. The van der Waals surface area contributed by atoms with Gasteiger partial charge in [0.1, 0.15) is 6.04 Å². The average Bonchev–Trinajstić information content (AvgIpc) is 2.71. The summed E-state index contributed by atoms with van der Waals surface area (Å²) in [6, 6.07) is -0.466. The Morgan fingerprint density at radius 3 is 3.07 bits per heavy atom. The molecule has 0 radical (unpaired) electrons. The van der Waals surface area contributed by atoms with Crippen LogP contribution in [0.4, 0.5) is 0 Å². The van der Waals surface area contributed by atoms with Crippen molar-refractivity contribution in [1.29, 1.82) is 0 Å². The van der Waals surface area contributed by atoms with Crippen molar-refractivity contribution in [2.75, 3.05) is 13.2 Å². The third-order valence-electron chi connectivity index (χ3n) is 2.65. The van der Waals surface area contributed by atoms with Gasteiger partial charge in [0.2, 0.25) is 0 Å². The molecule has 1 aliphatic heterocycles. The first-order valence-corrected chi connectivity index (χ1v) is 5.78. The van der Waals surface area contributed by atoms with Crippen LogP contribution in [0.2, 0.25) is 0 Å². The largest absolute Gasteiger partial charge is 0.465 e. The lowest BCUT2D eigenvalue weighted by atomic mass is 10.1. The Hall–Kier alpha value is -0.610. The van der Waals surface area contributed by atoms with Crippen molar-refractivity contribution in [2.45, 2.75) is 51.2 Å². The van der Waals surface area contributed by atoms with E-state index in [9.17, 15) is 4.79 Å². The minimum Gasteiger partial charge on any atom is -0.465 e. The molecule has 15 heavy (non-hydrogen) atoms. The van der Waals surface area contributed by atoms with Gasteiger partial charge in [0, 0.05) is 6.61 Å². The van der Waals surface area contributed by atoms with Crippen LogP contribution in [-0.2, 0) is 14.3 Å². The molecule has 1 saturated heterocycles. The number of ether oxygens (including phenoxy) is 2. The maximum atomic E-state index is 11.2. The zero-order valence-electron chi connectivity index (χ0n) is 9.41. The third-order valence-corrected chi connectivity index (χ3v) is 2.65. The van der Waals surface area contributed by atoms with Gasteiger partial charge in [-0.25, -0.2) is 0 Å². The molecule has 4 heteroatoms. The molecular weight excluding hydrogens is 194 g/mol. The van der Waals surface area contributed by atoms with Crippen LogP contribution in [0, 0.1) is 0 Å². The van der Waals surface area contributed by atoms with E-state index in [0.717, 1.165) is 32.3 Å². The van der Waals surface area contributed by atoms with Crippen molar-refractivity contribution in [3.8, 4) is 0 Å². The van der Waals surface area contributed by atoms with Crippen LogP contribution in [0.5, 0.6) is 0 Å². The van der Waals surface area contributed by atoms with Crippen molar-refractivity contribution in [2.24, 2.45) is 5.73 Å². The molecule has 0 bridgehead atoms. The van der Waals surface area contributed by atoms with Crippen LogP contribution in [0.15, 0.2) is 0 Å². The van der Waals surface area contributed by atoms with E-state index >= 15 is 0 Å². The SMILES string of the molecule is CCOC(=O)C(N)CCCC1CCCO1. The van der Waals surface area contributed by atoms with Gasteiger partial charge in [-0.05, 0) is 39.0 Å². The van der Waals surface area contributed by atoms with Crippen molar-refractivity contribution >= 4 is 5.97 Å². The monoisotopic (exact) mass is 215 g/mol. The molecule has 0 amide bonds. The van der Waals surface area contributed by atoms with E-state index in [1.54, 1.807) is 6.92 Å². The molecule has 0 saturated carbocycles. The number of nitrogens with two attached hydrogens (primary N) is 1. The molecule has 1 fully saturated rings. The zero-order chi connectivity index (χ0) is 11.1. The number of hydrogen-bond donors (Lipinski definition) is 1. The molecule has 1 rings (SSSR count). The van der Waals surface area contributed by atoms with Gasteiger partial charge in [0.05, 0.1) is 12.7 Å². The first-order valence-electron chi connectivity index (χ1n) is 5.78. The van der Waals surface area contributed by atoms with E-state index in [1.807, 2.05) is 0 Å². The quantitative estimate of drug-likeness (QED) is 0.677. The zero-order valence-corrected chi connectivity index (χ0v) is 9.41. The molecule has 0 aromatic rings. The predicted molar refractivity (Wildman–Crippen MR) is 57.4 cm³/mol. The Kier molecular flexibility index (Phi) is 5.65. The van der Waals surface area contributed by atoms with Gasteiger partial charge < -0.3 is 15.2 Å². The molecule has 0 aliphatic carbocycles. The summed E-state index contributed by atoms with van der Waals surface area (Å²) < 4.78 is 10.3. The number of carbonyl (C=O) groups excluding carboxylic acids is 1. The minimum absolute atomic E-state index is 0.287. The van der Waals surface area contributed by atoms with E-state index in [0.29, 0.717) is 19.1 Å². The normalized spacial score (nSPS) is 22.7. The number of esters is 1.